The third kappa shape index (κ3) is 9.29. The second-order valence-corrected chi connectivity index (χ2v) is 7.98. The average molecular weight is 304 g/mol. The Bertz CT molecular complexity index is 6.00. The van der Waals surface area contributed by atoms with Gasteiger partial charge < -0.3 is 0 Å². The van der Waals surface area contributed by atoms with E-state index in [9.17, 15) is 0 Å². The van der Waals surface area contributed by atoms with Gasteiger partial charge in [-0.15, -0.1) is 0 Å². The fourth-order valence-electron chi connectivity index (χ4n) is 0. The monoisotopic (exact) mass is 304 g/mol. The molecular weight excluding hydrogens is 300 g/mol. The predicted molar refractivity (Wildman–Crippen MR) is 23.0 cm³/mol. The summed E-state index contributed by atoms with van der Waals surface area (Å²) in [5.41, 5.74) is 0. The Labute approximate surface area is 49.2 Å². The van der Waals surface area contributed by atoms with E-state index in [-0.39, 0.29) is 11.0 Å². The van der Waals surface area contributed by atoms with E-state index in [4.69, 9.17) is 16.5 Å². The van der Waals surface area contributed by atoms with Gasteiger partial charge in [0.1, 0.15) is 0 Å². The first-order valence-corrected chi connectivity index (χ1v) is 14.1. The van der Waals surface area contributed by atoms with Crippen LogP contribution in [0.15, 0.2) is 0 Å². The van der Waals surface area contributed by atoms with Crippen LogP contribution in [0.2, 0.25) is 0 Å². The molecule has 0 heterocycles. The fourth-order valence-corrected chi connectivity index (χ4v) is 0. The minimum absolute atomic E-state index is 0. The van der Waals surface area contributed by atoms with Gasteiger partial charge in [-0.3, -0.25) is 0 Å². The van der Waals surface area contributed by atoms with Crippen molar-refractivity contribution in [2.24, 2.45) is 0 Å². The molecule has 24 valence electrons. The van der Waals surface area contributed by atoms with Crippen molar-refractivity contribution >= 4 is 27.5 Å². The van der Waals surface area contributed by atoms with Gasteiger partial charge in [-0.2, -0.15) is 0 Å². The Morgan fingerprint density at radius 2 is 1.25 bits per heavy atom. The van der Waals surface area contributed by atoms with E-state index in [0.717, 1.165) is 0 Å². The standard InChI is InChI=1S/2ClH.Hg.H4Si/h2*1H;;1H4/q;;+2;/p-2. The van der Waals surface area contributed by atoms with E-state index in [2.05, 4.69) is 0 Å². The summed E-state index contributed by atoms with van der Waals surface area (Å²) in [4.78, 5) is 0. The van der Waals surface area contributed by atoms with Crippen molar-refractivity contribution in [3.05, 3.63) is 0 Å². The van der Waals surface area contributed by atoms with Gasteiger partial charge in [-0.05, 0) is 11.0 Å². The molecule has 0 saturated carbocycles. The van der Waals surface area contributed by atoms with E-state index in [1.165, 1.54) is 0 Å². The zero-order valence-corrected chi connectivity index (χ0v) is 8.47. The van der Waals surface area contributed by atoms with Crippen LogP contribution < -0.4 is 0 Å². The number of hydrogen-bond acceptors (Lipinski definition) is 0. The normalized spacial score (nSPS) is 2.50. The molecule has 0 atom stereocenters. The van der Waals surface area contributed by atoms with Crippen molar-refractivity contribution in [2.45, 2.75) is 0 Å². The second-order valence-electron chi connectivity index (χ2n) is 0.101. The molecule has 0 radical (unpaired) electrons. The third-order valence-corrected chi connectivity index (χ3v) is 0. The molecule has 4 heavy (non-hydrogen) atoms. The van der Waals surface area contributed by atoms with Crippen LogP contribution in [0, 0.1) is 0 Å². The van der Waals surface area contributed by atoms with Crippen LogP contribution in [0.25, 0.3) is 0 Å². The van der Waals surface area contributed by atoms with Gasteiger partial charge in [0.05, 0.1) is 0 Å². The van der Waals surface area contributed by atoms with Crippen molar-refractivity contribution in [1.82, 2.24) is 0 Å². The Hall–Kier alpha value is 1.73. The van der Waals surface area contributed by atoms with Crippen molar-refractivity contribution in [3.63, 3.8) is 0 Å². The van der Waals surface area contributed by atoms with Crippen molar-refractivity contribution < 1.29 is 22.1 Å². The Morgan fingerprint density at radius 3 is 1.25 bits per heavy atom. The van der Waals surface area contributed by atoms with Gasteiger partial charge in [-0.25, -0.2) is 0 Å². The molecule has 0 bridgehead atoms. The SMILES string of the molecule is [Cl][Hg][Cl].[SiH4]. The van der Waals surface area contributed by atoms with E-state index < -0.39 is 22.1 Å². The zero-order valence-electron chi connectivity index (χ0n) is 1.46. The van der Waals surface area contributed by atoms with Crippen LogP contribution in [0.4, 0.5) is 0 Å². The topological polar surface area (TPSA) is 0 Å². The third-order valence-electron chi connectivity index (χ3n) is 0. The first-order chi connectivity index (χ1) is 1.41. The molecule has 0 unspecified atom stereocenters. The van der Waals surface area contributed by atoms with E-state index in [0.29, 0.717) is 0 Å². The first kappa shape index (κ1) is 9.22. The quantitative estimate of drug-likeness (QED) is 0.550. The summed E-state index contributed by atoms with van der Waals surface area (Å²) in [5.74, 6) is 0. The predicted octanol–water partition coefficient (Wildman–Crippen LogP) is -0.0751. The van der Waals surface area contributed by atoms with Gasteiger partial charge >= 0.3 is 38.6 Å². The molecule has 4 heteroatoms. The fraction of sp³-hybridized carbons (Fsp3) is 0. The molecule has 0 aliphatic heterocycles. The zero-order chi connectivity index (χ0) is 2.71. The summed E-state index contributed by atoms with van der Waals surface area (Å²) >= 11 is -1.14. The second kappa shape index (κ2) is 8.83. The van der Waals surface area contributed by atoms with E-state index in [1.54, 1.807) is 0 Å². The van der Waals surface area contributed by atoms with Crippen LogP contribution in [-0.4, -0.2) is 11.0 Å². The summed E-state index contributed by atoms with van der Waals surface area (Å²) in [6.07, 6.45) is 0. The van der Waals surface area contributed by atoms with Gasteiger partial charge in [0.15, 0.2) is 0 Å². The minimum atomic E-state index is -1.14. The number of halogens is 2. The molecule has 0 rings (SSSR count). The molecule has 0 fully saturated rings. The molecule has 0 aromatic heterocycles. The van der Waals surface area contributed by atoms with E-state index in [1.807, 2.05) is 0 Å². The maximum absolute atomic E-state index is 4.99. The summed E-state index contributed by atoms with van der Waals surface area (Å²) in [7, 11) is 9.97. The number of hydrogen-bond donors (Lipinski definition) is 0. The molecule has 0 aromatic rings. The van der Waals surface area contributed by atoms with Crippen LogP contribution >= 0.6 is 16.5 Å². The average Bonchev–Trinajstić information content (AvgIpc) is 0.918. The largest absolute Gasteiger partial charge is 0.0149 e. The van der Waals surface area contributed by atoms with Gasteiger partial charge in [0.2, 0.25) is 0 Å². The Balaban J connectivity index is 0. The molecule has 0 N–H and O–H groups in total. The minimum Gasteiger partial charge on any atom is -0.0149 e. The summed E-state index contributed by atoms with van der Waals surface area (Å²) in [6.45, 7) is 0. The molecular formula is H4Cl2HgSi. The Morgan fingerprint density at radius 1 is 1.25 bits per heavy atom. The summed E-state index contributed by atoms with van der Waals surface area (Å²) in [6, 6.07) is 0. The van der Waals surface area contributed by atoms with Crippen LogP contribution in [0.5, 0.6) is 0 Å². The smallest absolute Gasteiger partial charge is 0.0149 e. The maximum atomic E-state index is 4.99. The van der Waals surface area contributed by atoms with Crippen molar-refractivity contribution in [2.75, 3.05) is 0 Å². The molecule has 0 aromatic carbocycles. The van der Waals surface area contributed by atoms with Crippen LogP contribution in [0.1, 0.15) is 0 Å². The van der Waals surface area contributed by atoms with Gasteiger partial charge in [0, 0.05) is 0 Å². The van der Waals surface area contributed by atoms with Crippen molar-refractivity contribution in [1.29, 1.82) is 0 Å². The van der Waals surface area contributed by atoms with Crippen LogP contribution in [0.3, 0.4) is 0 Å². The van der Waals surface area contributed by atoms with Crippen LogP contribution in [-0.2, 0) is 22.1 Å². The number of rotatable bonds is 0. The van der Waals surface area contributed by atoms with Gasteiger partial charge in [-0.1, -0.05) is 0 Å². The molecule has 0 saturated heterocycles. The maximum Gasteiger partial charge on any atom is -0.0149 e. The van der Waals surface area contributed by atoms with E-state index >= 15 is 0 Å². The van der Waals surface area contributed by atoms with Crippen molar-refractivity contribution in [3.8, 4) is 0 Å². The molecule has 0 aliphatic carbocycles. The summed E-state index contributed by atoms with van der Waals surface area (Å²) in [5, 5.41) is 0. The molecule has 0 aliphatic rings. The first-order valence-electron chi connectivity index (χ1n) is 0.535. The van der Waals surface area contributed by atoms with Gasteiger partial charge in [0.25, 0.3) is 0 Å². The summed E-state index contributed by atoms with van der Waals surface area (Å²) < 4.78 is 0. The Kier molecular flexibility index (Phi) is 20.3. The molecule has 0 amide bonds. The molecule has 0 nitrogen and oxygen atoms in total. The molecule has 0 spiro atoms.